The molecule has 194 valence electrons. The summed E-state index contributed by atoms with van der Waals surface area (Å²) in [6.07, 6.45) is 4.34. The van der Waals surface area contributed by atoms with Crippen LogP contribution in [-0.2, 0) is 19.6 Å². The van der Waals surface area contributed by atoms with E-state index in [-0.39, 0.29) is 24.4 Å². The van der Waals surface area contributed by atoms with E-state index >= 15 is 0 Å². The number of oxazole rings is 1. The predicted octanol–water partition coefficient (Wildman–Crippen LogP) is 5.78. The lowest BCUT2D eigenvalue weighted by atomic mass is 9.87. The minimum absolute atomic E-state index is 0.0328. The Morgan fingerprint density at radius 3 is 2.61 bits per heavy atom. The van der Waals surface area contributed by atoms with Crippen molar-refractivity contribution in [3.05, 3.63) is 119 Å². The Balaban J connectivity index is 1.23. The smallest absolute Gasteiger partial charge is 0.275 e. The van der Waals surface area contributed by atoms with E-state index in [1.807, 2.05) is 41.3 Å². The Morgan fingerprint density at radius 1 is 1.00 bits per heavy atom. The molecule has 1 amide bonds. The van der Waals surface area contributed by atoms with Crippen LogP contribution in [0.15, 0.2) is 83.5 Å². The second kappa shape index (κ2) is 10.8. The summed E-state index contributed by atoms with van der Waals surface area (Å²) in [6, 6.07) is 23.4. The van der Waals surface area contributed by atoms with Crippen LogP contribution in [0.25, 0.3) is 0 Å². The second-order valence-electron chi connectivity index (χ2n) is 9.90. The number of amides is 1. The van der Waals surface area contributed by atoms with Gasteiger partial charge in [0.25, 0.3) is 5.91 Å². The van der Waals surface area contributed by atoms with Crippen LogP contribution in [-0.4, -0.2) is 40.3 Å². The Kier molecular flexibility index (Phi) is 6.92. The van der Waals surface area contributed by atoms with Crippen molar-refractivity contribution in [3.63, 3.8) is 0 Å². The highest BCUT2D eigenvalue weighted by molar-refractivity contribution is 5.92. The number of aromatic nitrogens is 1. The van der Waals surface area contributed by atoms with E-state index in [1.54, 1.807) is 6.07 Å². The monoisotopic (exact) mass is 511 g/mol. The van der Waals surface area contributed by atoms with E-state index in [4.69, 9.17) is 9.15 Å². The molecule has 3 heterocycles. The number of rotatable bonds is 7. The molecule has 1 fully saturated rings. The van der Waals surface area contributed by atoms with Crippen molar-refractivity contribution >= 4 is 5.91 Å². The maximum absolute atomic E-state index is 14.5. The van der Waals surface area contributed by atoms with Gasteiger partial charge in [0.1, 0.15) is 17.8 Å². The normalized spacial score (nSPS) is 17.4. The first kappa shape index (κ1) is 24.4. The maximum atomic E-state index is 14.5. The standard InChI is InChI=1S/C31H30FN3O3/c32-27-11-5-4-10-24(27)19-35-17-14-22-12-13-25(18-26(22)30(35)23-8-2-1-3-9-23)37-21-29-33-28(20-38-29)31(36)34-15-6-7-16-34/h1-5,8-13,18,20,30H,6-7,14-17,19,21H2. The number of carbonyl (C=O) groups excluding carboxylic acids is 1. The Bertz CT molecular complexity index is 1410. The molecule has 0 aliphatic carbocycles. The number of carbonyl (C=O) groups is 1. The molecular formula is C31H30FN3O3. The number of fused-ring (bicyclic) bond motifs is 1. The molecule has 2 aliphatic heterocycles. The molecule has 3 aromatic carbocycles. The molecule has 0 saturated carbocycles. The number of nitrogens with zero attached hydrogens (tertiary/aromatic N) is 3. The first-order valence-corrected chi connectivity index (χ1v) is 13.2. The molecule has 6 rings (SSSR count). The molecule has 1 unspecified atom stereocenters. The highest BCUT2D eigenvalue weighted by Crippen LogP contribution is 2.38. The largest absolute Gasteiger partial charge is 0.484 e. The first-order chi connectivity index (χ1) is 18.7. The van der Waals surface area contributed by atoms with Crippen molar-refractivity contribution in [3.8, 4) is 5.75 Å². The highest BCUT2D eigenvalue weighted by Gasteiger charge is 2.30. The number of benzene rings is 3. The van der Waals surface area contributed by atoms with E-state index in [1.165, 1.54) is 17.9 Å². The molecule has 38 heavy (non-hydrogen) atoms. The van der Waals surface area contributed by atoms with Gasteiger partial charge in [-0.2, -0.15) is 0 Å². The van der Waals surface area contributed by atoms with Gasteiger partial charge in [-0.3, -0.25) is 9.69 Å². The van der Waals surface area contributed by atoms with E-state index in [0.717, 1.165) is 50.0 Å². The summed E-state index contributed by atoms with van der Waals surface area (Å²) in [5.74, 6) is 0.789. The zero-order valence-corrected chi connectivity index (χ0v) is 21.2. The molecule has 1 saturated heterocycles. The number of hydrogen-bond acceptors (Lipinski definition) is 5. The minimum atomic E-state index is -0.185. The molecule has 0 bridgehead atoms. The van der Waals surface area contributed by atoms with Crippen LogP contribution in [0.5, 0.6) is 5.75 Å². The number of hydrogen-bond donors (Lipinski definition) is 0. The predicted molar refractivity (Wildman–Crippen MR) is 141 cm³/mol. The van der Waals surface area contributed by atoms with E-state index in [2.05, 4.69) is 34.1 Å². The van der Waals surface area contributed by atoms with Crippen molar-refractivity contribution in [1.82, 2.24) is 14.8 Å². The lowest BCUT2D eigenvalue weighted by Crippen LogP contribution is -2.36. The van der Waals surface area contributed by atoms with E-state index in [0.29, 0.717) is 29.4 Å². The third-order valence-corrected chi connectivity index (χ3v) is 7.42. The summed E-state index contributed by atoms with van der Waals surface area (Å²) in [7, 11) is 0. The van der Waals surface area contributed by atoms with Crippen LogP contribution >= 0.6 is 0 Å². The van der Waals surface area contributed by atoms with Crippen LogP contribution in [0, 0.1) is 5.82 Å². The van der Waals surface area contributed by atoms with Crippen molar-refractivity contribution < 1.29 is 18.3 Å². The molecule has 2 aliphatic rings. The summed E-state index contributed by atoms with van der Waals surface area (Å²) >= 11 is 0. The van der Waals surface area contributed by atoms with Gasteiger partial charge in [-0.25, -0.2) is 9.37 Å². The SMILES string of the molecule is O=C(c1coc(COc2ccc3c(c2)C(c2ccccc2)N(Cc2ccccc2F)CC3)n1)N1CCCC1. The molecule has 1 atom stereocenters. The van der Waals surface area contributed by atoms with Gasteiger partial charge in [-0.1, -0.05) is 54.6 Å². The van der Waals surface area contributed by atoms with Gasteiger partial charge in [-0.15, -0.1) is 0 Å². The second-order valence-corrected chi connectivity index (χ2v) is 9.90. The van der Waals surface area contributed by atoms with Gasteiger partial charge < -0.3 is 14.1 Å². The summed E-state index contributed by atoms with van der Waals surface area (Å²) in [4.78, 5) is 21.1. The molecule has 7 heteroatoms. The Labute approximate surface area is 221 Å². The Morgan fingerprint density at radius 2 is 1.79 bits per heavy atom. The summed E-state index contributed by atoms with van der Waals surface area (Å²) < 4.78 is 26.2. The zero-order valence-electron chi connectivity index (χ0n) is 21.2. The van der Waals surface area contributed by atoms with Crippen LogP contribution in [0.1, 0.15) is 57.5 Å². The minimum Gasteiger partial charge on any atom is -0.484 e. The van der Waals surface area contributed by atoms with E-state index < -0.39 is 0 Å². The molecule has 6 nitrogen and oxygen atoms in total. The molecule has 1 aromatic heterocycles. The van der Waals surface area contributed by atoms with Crippen molar-refractivity contribution in [2.24, 2.45) is 0 Å². The third kappa shape index (κ3) is 5.07. The van der Waals surface area contributed by atoms with Gasteiger partial charge in [0.15, 0.2) is 12.3 Å². The average Bonchev–Trinajstić information content (AvgIpc) is 3.66. The molecule has 0 N–H and O–H groups in total. The fourth-order valence-electron chi connectivity index (χ4n) is 5.48. The molecule has 0 spiro atoms. The van der Waals surface area contributed by atoms with Gasteiger partial charge in [0.05, 0.1) is 6.04 Å². The fourth-order valence-corrected chi connectivity index (χ4v) is 5.48. The van der Waals surface area contributed by atoms with Crippen molar-refractivity contribution in [2.45, 2.75) is 38.5 Å². The summed E-state index contributed by atoms with van der Waals surface area (Å²) in [5, 5.41) is 0. The topological polar surface area (TPSA) is 58.8 Å². The van der Waals surface area contributed by atoms with Crippen LogP contribution in [0.4, 0.5) is 4.39 Å². The van der Waals surface area contributed by atoms with Crippen molar-refractivity contribution in [1.29, 1.82) is 0 Å². The summed E-state index contributed by atoms with van der Waals surface area (Å²) in [5.41, 5.74) is 4.57. The molecule has 0 radical (unpaired) electrons. The highest BCUT2D eigenvalue weighted by atomic mass is 19.1. The number of ether oxygens (including phenoxy) is 1. The van der Waals surface area contributed by atoms with Gasteiger partial charge >= 0.3 is 0 Å². The summed E-state index contributed by atoms with van der Waals surface area (Å²) in [6.45, 7) is 3.00. The number of halogens is 1. The number of likely N-dealkylation sites (tertiary alicyclic amines) is 1. The van der Waals surface area contributed by atoms with Crippen LogP contribution < -0.4 is 4.74 Å². The third-order valence-electron chi connectivity index (χ3n) is 7.42. The van der Waals surface area contributed by atoms with Crippen LogP contribution in [0.2, 0.25) is 0 Å². The maximum Gasteiger partial charge on any atom is 0.275 e. The fraction of sp³-hybridized carbons (Fsp3) is 0.290. The average molecular weight is 512 g/mol. The molecular weight excluding hydrogens is 481 g/mol. The zero-order chi connectivity index (χ0) is 25.9. The van der Waals surface area contributed by atoms with E-state index in [9.17, 15) is 9.18 Å². The van der Waals surface area contributed by atoms with Gasteiger partial charge in [0.2, 0.25) is 5.89 Å². The van der Waals surface area contributed by atoms with Crippen LogP contribution in [0.3, 0.4) is 0 Å². The molecule has 4 aromatic rings. The van der Waals surface area contributed by atoms with Gasteiger partial charge in [0, 0.05) is 31.7 Å². The quantitative estimate of drug-likeness (QED) is 0.315. The lowest BCUT2D eigenvalue weighted by molar-refractivity contribution is 0.0787. The Hall–Kier alpha value is -3.97. The van der Waals surface area contributed by atoms with Crippen molar-refractivity contribution in [2.75, 3.05) is 19.6 Å². The first-order valence-electron chi connectivity index (χ1n) is 13.2. The van der Waals surface area contributed by atoms with Gasteiger partial charge in [-0.05, 0) is 54.2 Å². The lowest BCUT2D eigenvalue weighted by Gasteiger charge is -2.38.